The molecule has 0 aromatic rings. The molecule has 1 atom stereocenters. The Kier molecular flexibility index (Phi) is 10.5. The molecule has 1 saturated heterocycles. The Morgan fingerprint density at radius 2 is 1.77 bits per heavy atom. The van der Waals surface area contributed by atoms with E-state index in [9.17, 15) is 9.90 Å². The Balaban J connectivity index is 2.04. The van der Waals surface area contributed by atoms with E-state index in [0.717, 1.165) is 65.0 Å². The largest absolute Gasteiger partial charge is 0.469 e. The van der Waals surface area contributed by atoms with Gasteiger partial charge in [0.15, 0.2) is 0 Å². The second-order valence-corrected chi connectivity index (χ2v) is 6.33. The first-order chi connectivity index (χ1) is 10.7. The Hall–Kier alpha value is -0.650. The van der Waals surface area contributed by atoms with Crippen LogP contribution in [0.1, 0.15) is 51.9 Å². The van der Waals surface area contributed by atoms with Crippen molar-refractivity contribution in [2.45, 2.75) is 58.0 Å². The topological polar surface area (TPSA) is 53.0 Å². The maximum atomic E-state index is 11.0. The lowest BCUT2D eigenvalue weighted by atomic mass is 10.1. The molecule has 1 fully saturated rings. The van der Waals surface area contributed by atoms with Gasteiger partial charge in [-0.15, -0.1) is 0 Å². The van der Waals surface area contributed by atoms with Crippen molar-refractivity contribution in [1.82, 2.24) is 9.80 Å². The van der Waals surface area contributed by atoms with Gasteiger partial charge in [0.25, 0.3) is 0 Å². The number of hydrogen-bond donors (Lipinski definition) is 1. The molecule has 0 aliphatic carbocycles. The SMILES string of the molecule is CCCCCC(O)CN1CCN(CCCCC(=O)OC)CC1. The summed E-state index contributed by atoms with van der Waals surface area (Å²) in [5.74, 6) is -0.109. The van der Waals surface area contributed by atoms with Crippen LogP contribution in [0.5, 0.6) is 0 Å². The lowest BCUT2D eigenvalue weighted by Gasteiger charge is -2.35. The molecular weight excluding hydrogens is 280 g/mol. The van der Waals surface area contributed by atoms with Gasteiger partial charge in [0.05, 0.1) is 13.2 Å². The number of carbonyl (C=O) groups is 1. The number of methoxy groups -OCH3 is 1. The summed E-state index contributed by atoms with van der Waals surface area (Å²) in [5.41, 5.74) is 0. The zero-order valence-corrected chi connectivity index (χ0v) is 14.4. The van der Waals surface area contributed by atoms with Crippen LogP contribution in [-0.2, 0) is 9.53 Å². The summed E-state index contributed by atoms with van der Waals surface area (Å²) in [6.45, 7) is 8.30. The van der Waals surface area contributed by atoms with E-state index in [4.69, 9.17) is 0 Å². The second-order valence-electron chi connectivity index (χ2n) is 6.33. The highest BCUT2D eigenvalue weighted by Gasteiger charge is 2.18. The Morgan fingerprint density at radius 3 is 2.41 bits per heavy atom. The van der Waals surface area contributed by atoms with E-state index >= 15 is 0 Å². The molecule has 1 aliphatic rings. The fourth-order valence-corrected chi connectivity index (χ4v) is 2.92. The van der Waals surface area contributed by atoms with Crippen molar-refractivity contribution in [1.29, 1.82) is 0 Å². The van der Waals surface area contributed by atoms with Crippen LogP contribution in [0.25, 0.3) is 0 Å². The zero-order valence-electron chi connectivity index (χ0n) is 14.4. The van der Waals surface area contributed by atoms with Crippen LogP contribution in [0, 0.1) is 0 Å². The number of hydrogen-bond acceptors (Lipinski definition) is 5. The van der Waals surface area contributed by atoms with Crippen LogP contribution in [0.4, 0.5) is 0 Å². The van der Waals surface area contributed by atoms with Crippen molar-refractivity contribution >= 4 is 5.97 Å². The van der Waals surface area contributed by atoms with Crippen molar-refractivity contribution < 1.29 is 14.6 Å². The van der Waals surface area contributed by atoms with Crippen molar-refractivity contribution in [3.05, 3.63) is 0 Å². The lowest BCUT2D eigenvalue weighted by Crippen LogP contribution is -2.48. The predicted octanol–water partition coefficient (Wildman–Crippen LogP) is 1.89. The quantitative estimate of drug-likeness (QED) is 0.466. The van der Waals surface area contributed by atoms with Crippen LogP contribution in [0.3, 0.4) is 0 Å². The predicted molar refractivity (Wildman–Crippen MR) is 88.9 cm³/mol. The third-order valence-corrected chi connectivity index (χ3v) is 4.41. The van der Waals surface area contributed by atoms with Gasteiger partial charge in [0.1, 0.15) is 0 Å². The Morgan fingerprint density at radius 1 is 1.09 bits per heavy atom. The fraction of sp³-hybridized carbons (Fsp3) is 0.941. The minimum Gasteiger partial charge on any atom is -0.469 e. The molecule has 5 nitrogen and oxygen atoms in total. The van der Waals surface area contributed by atoms with E-state index in [-0.39, 0.29) is 12.1 Å². The summed E-state index contributed by atoms with van der Waals surface area (Å²) in [6.07, 6.45) is 6.81. The summed E-state index contributed by atoms with van der Waals surface area (Å²) >= 11 is 0. The molecule has 130 valence electrons. The van der Waals surface area contributed by atoms with Crippen molar-refractivity contribution in [2.24, 2.45) is 0 Å². The molecule has 0 spiro atoms. The molecule has 1 unspecified atom stereocenters. The number of carbonyl (C=O) groups excluding carboxylic acids is 1. The number of unbranched alkanes of at least 4 members (excludes halogenated alkanes) is 3. The molecule has 0 amide bonds. The third-order valence-electron chi connectivity index (χ3n) is 4.41. The average molecular weight is 314 g/mol. The van der Waals surface area contributed by atoms with Gasteiger partial charge in [0, 0.05) is 39.1 Å². The molecule has 0 radical (unpaired) electrons. The van der Waals surface area contributed by atoms with Crippen LogP contribution < -0.4 is 0 Å². The minimum atomic E-state index is -0.168. The van der Waals surface area contributed by atoms with E-state index in [2.05, 4.69) is 21.5 Å². The van der Waals surface area contributed by atoms with E-state index in [1.807, 2.05) is 0 Å². The Bertz CT molecular complexity index is 292. The second kappa shape index (κ2) is 11.9. The first-order valence-electron chi connectivity index (χ1n) is 8.85. The van der Waals surface area contributed by atoms with Gasteiger partial charge < -0.3 is 14.7 Å². The number of piperazine rings is 1. The number of nitrogens with zero attached hydrogens (tertiary/aromatic N) is 2. The summed E-state index contributed by atoms with van der Waals surface area (Å²) in [5, 5.41) is 10.0. The zero-order chi connectivity index (χ0) is 16.2. The van der Waals surface area contributed by atoms with Crippen molar-refractivity contribution in [3.63, 3.8) is 0 Å². The number of rotatable bonds is 11. The molecule has 1 heterocycles. The fourth-order valence-electron chi connectivity index (χ4n) is 2.92. The van der Waals surface area contributed by atoms with Gasteiger partial charge in [-0.25, -0.2) is 0 Å². The van der Waals surface area contributed by atoms with Crippen LogP contribution >= 0.6 is 0 Å². The highest BCUT2D eigenvalue weighted by atomic mass is 16.5. The summed E-state index contributed by atoms with van der Waals surface area (Å²) in [6, 6.07) is 0. The smallest absolute Gasteiger partial charge is 0.305 e. The van der Waals surface area contributed by atoms with Gasteiger partial charge in [0.2, 0.25) is 0 Å². The molecule has 22 heavy (non-hydrogen) atoms. The molecule has 1 rings (SSSR count). The molecule has 1 aliphatic heterocycles. The standard InChI is InChI=1S/C17H34N2O3/c1-3-4-5-8-16(20)15-19-13-11-18(12-14-19)10-7-6-9-17(21)22-2/h16,20H,3-15H2,1-2H3. The molecule has 0 saturated carbocycles. The van der Waals surface area contributed by atoms with Gasteiger partial charge in [-0.3, -0.25) is 9.69 Å². The third kappa shape index (κ3) is 8.71. The first-order valence-corrected chi connectivity index (χ1v) is 8.85. The van der Waals surface area contributed by atoms with Gasteiger partial charge in [-0.1, -0.05) is 26.2 Å². The Labute approximate surface area is 135 Å². The van der Waals surface area contributed by atoms with Gasteiger partial charge >= 0.3 is 5.97 Å². The number of aliphatic hydroxyl groups excluding tert-OH is 1. The number of ether oxygens (including phenoxy) is 1. The first kappa shape index (κ1) is 19.4. The molecule has 1 N–H and O–H groups in total. The molecule has 5 heteroatoms. The highest BCUT2D eigenvalue weighted by Crippen LogP contribution is 2.09. The molecule has 0 aromatic heterocycles. The lowest BCUT2D eigenvalue weighted by molar-refractivity contribution is -0.140. The normalized spacial score (nSPS) is 18.3. The van der Waals surface area contributed by atoms with Crippen molar-refractivity contribution in [2.75, 3.05) is 46.4 Å². The van der Waals surface area contributed by atoms with E-state index in [1.54, 1.807) is 0 Å². The molecular formula is C17H34N2O3. The summed E-state index contributed by atoms with van der Waals surface area (Å²) < 4.78 is 4.65. The van der Waals surface area contributed by atoms with E-state index < -0.39 is 0 Å². The maximum absolute atomic E-state index is 11.0. The van der Waals surface area contributed by atoms with Gasteiger partial charge in [-0.2, -0.15) is 0 Å². The maximum Gasteiger partial charge on any atom is 0.305 e. The molecule has 0 bridgehead atoms. The number of aliphatic hydroxyl groups is 1. The van der Waals surface area contributed by atoms with E-state index in [1.165, 1.54) is 20.0 Å². The van der Waals surface area contributed by atoms with Crippen LogP contribution in [0.15, 0.2) is 0 Å². The van der Waals surface area contributed by atoms with E-state index in [0.29, 0.717) is 6.42 Å². The number of esters is 1. The summed E-state index contributed by atoms with van der Waals surface area (Å²) in [4.78, 5) is 15.9. The number of β-amino-alcohol motifs (C(OH)–C–C–N with tert-alkyl or cyclic N) is 1. The molecule has 0 aromatic carbocycles. The van der Waals surface area contributed by atoms with Crippen molar-refractivity contribution in [3.8, 4) is 0 Å². The van der Waals surface area contributed by atoms with Crippen LogP contribution in [-0.4, -0.2) is 73.4 Å². The summed E-state index contributed by atoms with van der Waals surface area (Å²) in [7, 11) is 1.44. The highest BCUT2D eigenvalue weighted by molar-refractivity contribution is 5.68. The minimum absolute atomic E-state index is 0.109. The average Bonchev–Trinajstić information content (AvgIpc) is 2.53. The van der Waals surface area contributed by atoms with Gasteiger partial charge in [-0.05, 0) is 25.8 Å². The monoisotopic (exact) mass is 314 g/mol. The van der Waals surface area contributed by atoms with Crippen LogP contribution in [0.2, 0.25) is 0 Å².